The number of urea groups is 1. The number of benzene rings is 2. The van der Waals surface area contributed by atoms with E-state index in [2.05, 4.69) is 20.7 Å². The van der Waals surface area contributed by atoms with Crippen LogP contribution in [0.4, 0.5) is 23.7 Å². The maximum absolute atomic E-state index is 12.9. The van der Waals surface area contributed by atoms with Crippen LogP contribution in [0.5, 0.6) is 11.5 Å². The van der Waals surface area contributed by atoms with E-state index in [9.17, 15) is 37.8 Å². The summed E-state index contributed by atoms with van der Waals surface area (Å²) in [6.07, 6.45) is -6.71. The van der Waals surface area contributed by atoms with Crippen molar-refractivity contribution in [2.75, 3.05) is 12.4 Å². The van der Waals surface area contributed by atoms with Gasteiger partial charge in [-0.25, -0.2) is 4.79 Å². The molecule has 2 aromatic rings. The molecule has 210 valence electrons. The summed E-state index contributed by atoms with van der Waals surface area (Å²) in [7, 11) is 1.50. The normalized spacial score (nSPS) is 19.7. The van der Waals surface area contributed by atoms with E-state index in [-0.39, 0.29) is 24.1 Å². The van der Waals surface area contributed by atoms with E-state index in [1.807, 2.05) is 0 Å². The predicted molar refractivity (Wildman–Crippen MR) is 132 cm³/mol. The second-order valence-electron chi connectivity index (χ2n) is 8.63. The molecule has 14 heteroatoms. The number of amides is 4. The molecule has 4 amide bonds. The first-order valence-electron chi connectivity index (χ1n) is 11.6. The number of anilines is 1. The number of primary amides is 1. The summed E-state index contributed by atoms with van der Waals surface area (Å²) in [5.74, 6) is -1.41. The molecule has 11 nitrogen and oxygen atoms in total. The minimum Gasteiger partial charge on any atom is -0.497 e. The number of halogens is 3. The van der Waals surface area contributed by atoms with E-state index in [0.717, 1.165) is 24.3 Å². The standard InChI is InChI=1S/C25H27F3N4O7/c1-38-16-6-2-13(3-7-16)10-19(22(29)35)31-23(36)14-11-18(21(34)20(33)12-14)32-24(37)30-15-4-8-17(9-5-15)39-25(26,27)28/h2-9,11,18-21,33-34H,10,12H2,1H3,(H2,29,35)(H,31,36)(H2,30,32,37)/t18-,19+,20-,21-/m1/s1. The van der Waals surface area contributed by atoms with Gasteiger partial charge in [0.1, 0.15) is 23.6 Å². The largest absolute Gasteiger partial charge is 0.573 e. The number of aliphatic hydroxyl groups is 2. The third-order valence-electron chi connectivity index (χ3n) is 5.75. The SMILES string of the molecule is COc1ccc(C[C@H](NC(=O)C2=C[C@@H](NC(=O)Nc3ccc(OC(F)(F)F)cc3)[C@@H](O)[C@H](O)C2)C(N)=O)cc1. The van der Waals surface area contributed by atoms with E-state index < -0.39 is 54.2 Å². The number of nitrogens with two attached hydrogens (primary N) is 1. The number of hydrogen-bond donors (Lipinski definition) is 6. The Morgan fingerprint density at radius 1 is 1.05 bits per heavy atom. The van der Waals surface area contributed by atoms with Gasteiger partial charge >= 0.3 is 12.4 Å². The Labute approximate surface area is 220 Å². The first kappa shape index (κ1) is 29.3. The third-order valence-corrected chi connectivity index (χ3v) is 5.75. The Morgan fingerprint density at radius 3 is 2.23 bits per heavy atom. The number of rotatable bonds is 9. The molecule has 0 aliphatic heterocycles. The lowest BCUT2D eigenvalue weighted by Crippen LogP contribution is -2.53. The molecule has 0 unspecified atom stereocenters. The molecule has 39 heavy (non-hydrogen) atoms. The molecule has 1 aliphatic carbocycles. The Balaban J connectivity index is 1.64. The topological polar surface area (TPSA) is 172 Å². The van der Waals surface area contributed by atoms with Crippen molar-refractivity contribution in [2.24, 2.45) is 5.73 Å². The molecule has 0 saturated heterocycles. The number of methoxy groups -OCH3 is 1. The number of hydrogen-bond acceptors (Lipinski definition) is 7. The zero-order valence-corrected chi connectivity index (χ0v) is 20.6. The first-order chi connectivity index (χ1) is 18.3. The molecule has 0 heterocycles. The molecule has 0 fully saturated rings. The van der Waals surface area contributed by atoms with Gasteiger partial charge in [0.2, 0.25) is 11.8 Å². The van der Waals surface area contributed by atoms with Crippen molar-refractivity contribution in [3.8, 4) is 11.5 Å². The van der Waals surface area contributed by atoms with Crippen LogP contribution in [0, 0.1) is 0 Å². The van der Waals surface area contributed by atoms with Gasteiger partial charge in [0.05, 0.1) is 19.3 Å². The smallest absolute Gasteiger partial charge is 0.497 e. The minimum absolute atomic E-state index is 0.00673. The first-order valence-corrected chi connectivity index (χ1v) is 11.6. The lowest BCUT2D eigenvalue weighted by molar-refractivity contribution is -0.274. The third kappa shape index (κ3) is 8.61. The van der Waals surface area contributed by atoms with Crippen molar-refractivity contribution in [1.29, 1.82) is 0 Å². The molecule has 0 spiro atoms. The van der Waals surface area contributed by atoms with Crippen LogP contribution in [-0.2, 0) is 16.0 Å². The highest BCUT2D eigenvalue weighted by Gasteiger charge is 2.35. The van der Waals surface area contributed by atoms with Gasteiger partial charge in [0, 0.05) is 24.1 Å². The molecule has 7 N–H and O–H groups in total. The summed E-state index contributed by atoms with van der Waals surface area (Å²) in [5.41, 5.74) is 6.26. The van der Waals surface area contributed by atoms with Gasteiger partial charge in [-0.15, -0.1) is 13.2 Å². The quantitative estimate of drug-likeness (QED) is 0.272. The lowest BCUT2D eigenvalue weighted by Gasteiger charge is -2.31. The minimum atomic E-state index is -4.87. The fraction of sp³-hybridized carbons (Fsp3) is 0.320. The van der Waals surface area contributed by atoms with Crippen molar-refractivity contribution in [3.05, 3.63) is 65.7 Å². The number of carbonyl (C=O) groups is 3. The molecule has 0 radical (unpaired) electrons. The molecule has 0 bridgehead atoms. The van der Waals surface area contributed by atoms with E-state index in [0.29, 0.717) is 11.3 Å². The van der Waals surface area contributed by atoms with Gasteiger partial charge in [-0.2, -0.15) is 0 Å². The van der Waals surface area contributed by atoms with Crippen molar-refractivity contribution in [1.82, 2.24) is 10.6 Å². The average Bonchev–Trinajstić information content (AvgIpc) is 2.86. The maximum atomic E-state index is 12.9. The van der Waals surface area contributed by atoms with E-state index in [1.165, 1.54) is 13.2 Å². The van der Waals surface area contributed by atoms with Crippen molar-refractivity contribution >= 4 is 23.5 Å². The zero-order chi connectivity index (χ0) is 28.7. The van der Waals surface area contributed by atoms with Crippen LogP contribution in [0.1, 0.15) is 12.0 Å². The highest BCUT2D eigenvalue weighted by atomic mass is 19.4. The van der Waals surface area contributed by atoms with Crippen LogP contribution < -0.4 is 31.2 Å². The van der Waals surface area contributed by atoms with Gasteiger partial charge in [-0.1, -0.05) is 18.2 Å². The molecule has 1 aliphatic rings. The van der Waals surface area contributed by atoms with Gasteiger partial charge in [0.25, 0.3) is 0 Å². The van der Waals surface area contributed by atoms with Crippen LogP contribution in [0.25, 0.3) is 0 Å². The Hall–Kier alpha value is -4.30. The molecule has 4 atom stereocenters. The second kappa shape index (κ2) is 12.5. The number of alkyl halides is 3. The van der Waals surface area contributed by atoms with E-state index in [4.69, 9.17) is 10.5 Å². The number of aliphatic hydroxyl groups excluding tert-OH is 2. The van der Waals surface area contributed by atoms with Crippen LogP contribution in [0.3, 0.4) is 0 Å². The number of carbonyl (C=O) groups excluding carboxylic acids is 3. The monoisotopic (exact) mass is 552 g/mol. The van der Waals surface area contributed by atoms with Crippen LogP contribution >= 0.6 is 0 Å². The maximum Gasteiger partial charge on any atom is 0.573 e. The molecule has 0 saturated carbocycles. The fourth-order valence-corrected chi connectivity index (χ4v) is 3.79. The molecule has 3 rings (SSSR count). The van der Waals surface area contributed by atoms with Crippen LogP contribution in [-0.4, -0.2) is 65.8 Å². The van der Waals surface area contributed by atoms with Crippen LogP contribution in [0.2, 0.25) is 0 Å². The summed E-state index contributed by atoms with van der Waals surface area (Å²) >= 11 is 0. The van der Waals surface area contributed by atoms with Gasteiger partial charge in [0.15, 0.2) is 0 Å². The zero-order valence-electron chi connectivity index (χ0n) is 20.6. The van der Waals surface area contributed by atoms with E-state index >= 15 is 0 Å². The number of ether oxygens (including phenoxy) is 2. The molecule has 2 aromatic carbocycles. The lowest BCUT2D eigenvalue weighted by atomic mass is 9.90. The molecule has 0 aromatic heterocycles. The summed E-state index contributed by atoms with van der Waals surface area (Å²) in [5, 5.41) is 27.8. The van der Waals surface area contributed by atoms with Crippen molar-refractivity contribution < 1.29 is 47.2 Å². The van der Waals surface area contributed by atoms with E-state index in [1.54, 1.807) is 24.3 Å². The molecular weight excluding hydrogens is 525 g/mol. The number of nitrogens with one attached hydrogen (secondary N) is 3. The Bertz CT molecular complexity index is 1200. The molecular formula is C25H27F3N4O7. The summed E-state index contributed by atoms with van der Waals surface area (Å²) in [6.45, 7) is 0. The average molecular weight is 553 g/mol. The summed E-state index contributed by atoms with van der Waals surface area (Å²) in [4.78, 5) is 37.3. The summed E-state index contributed by atoms with van der Waals surface area (Å²) < 4.78 is 45.7. The van der Waals surface area contributed by atoms with Crippen molar-refractivity contribution in [2.45, 2.75) is 43.5 Å². The highest BCUT2D eigenvalue weighted by molar-refractivity contribution is 5.97. The summed E-state index contributed by atoms with van der Waals surface area (Å²) in [6, 6.07) is 7.91. The van der Waals surface area contributed by atoms with Gasteiger partial charge < -0.3 is 41.4 Å². The Kier molecular flexibility index (Phi) is 9.37. The predicted octanol–water partition coefficient (Wildman–Crippen LogP) is 1.35. The van der Waals surface area contributed by atoms with Crippen LogP contribution in [0.15, 0.2) is 60.2 Å². The van der Waals surface area contributed by atoms with Gasteiger partial charge in [-0.3, -0.25) is 9.59 Å². The highest BCUT2D eigenvalue weighted by Crippen LogP contribution is 2.24. The second-order valence-corrected chi connectivity index (χ2v) is 8.63. The fourth-order valence-electron chi connectivity index (χ4n) is 3.79. The van der Waals surface area contributed by atoms with Gasteiger partial charge in [-0.05, 0) is 42.0 Å². The van der Waals surface area contributed by atoms with Crippen molar-refractivity contribution in [3.63, 3.8) is 0 Å². The Morgan fingerprint density at radius 2 is 1.67 bits per heavy atom.